The highest BCUT2D eigenvalue weighted by atomic mass is 35.5. The van der Waals surface area contributed by atoms with E-state index < -0.39 is 0 Å². The van der Waals surface area contributed by atoms with E-state index in [-0.39, 0.29) is 0 Å². The minimum absolute atomic E-state index is 0.615. The van der Waals surface area contributed by atoms with Crippen LogP contribution in [0.15, 0.2) is 18.2 Å². The molecule has 1 saturated carbocycles. The van der Waals surface area contributed by atoms with Crippen LogP contribution < -0.4 is 0 Å². The number of likely N-dealkylation sites (tertiary alicyclic amines) is 1. The first-order chi connectivity index (χ1) is 8.83. The van der Waals surface area contributed by atoms with E-state index in [1.54, 1.807) is 0 Å². The first-order valence-corrected chi connectivity index (χ1v) is 7.56. The molecule has 1 aromatic heterocycles. The van der Waals surface area contributed by atoms with Crippen LogP contribution in [-0.2, 0) is 6.54 Å². The molecule has 18 heavy (non-hydrogen) atoms. The van der Waals surface area contributed by atoms with Crippen LogP contribution in [-0.4, -0.2) is 22.5 Å². The fraction of sp³-hybridized carbons (Fsp3) is 0.667. The van der Waals surface area contributed by atoms with Crippen molar-refractivity contribution in [2.24, 2.45) is 5.92 Å². The predicted molar refractivity (Wildman–Crippen MR) is 74.6 cm³/mol. The highest BCUT2D eigenvalue weighted by Gasteiger charge is 2.33. The second-order valence-corrected chi connectivity index (χ2v) is 6.06. The van der Waals surface area contributed by atoms with Crippen molar-refractivity contribution in [3.05, 3.63) is 29.0 Å². The van der Waals surface area contributed by atoms with Gasteiger partial charge in [0, 0.05) is 12.6 Å². The third-order valence-corrected chi connectivity index (χ3v) is 4.71. The number of hydrogen-bond acceptors (Lipinski definition) is 2. The molecule has 0 bridgehead atoms. The lowest BCUT2D eigenvalue weighted by Gasteiger charge is -2.44. The molecule has 0 N–H and O–H groups in total. The minimum atomic E-state index is 0.615. The number of nitrogens with zero attached hydrogens (tertiary/aromatic N) is 2. The van der Waals surface area contributed by atoms with Crippen LogP contribution in [0.1, 0.15) is 44.2 Å². The number of hydrogen-bond donors (Lipinski definition) is 0. The molecule has 2 fully saturated rings. The normalized spacial score (nSPS) is 28.9. The van der Waals surface area contributed by atoms with E-state index in [9.17, 15) is 0 Å². The zero-order valence-corrected chi connectivity index (χ0v) is 11.6. The van der Waals surface area contributed by atoms with E-state index in [2.05, 4.69) is 16.0 Å². The largest absolute Gasteiger partial charge is 0.294 e. The van der Waals surface area contributed by atoms with Gasteiger partial charge in [0.15, 0.2) is 0 Å². The molecular formula is C15H21ClN2. The SMILES string of the molecule is Clc1cccc(CN2CCCC3CCCCC32)n1. The molecule has 2 atom stereocenters. The van der Waals surface area contributed by atoms with Gasteiger partial charge < -0.3 is 0 Å². The molecule has 1 aromatic rings. The first-order valence-electron chi connectivity index (χ1n) is 7.18. The summed E-state index contributed by atoms with van der Waals surface area (Å²) in [5.74, 6) is 0.937. The molecule has 3 heteroatoms. The summed E-state index contributed by atoms with van der Waals surface area (Å²) >= 11 is 5.97. The fourth-order valence-corrected chi connectivity index (χ4v) is 3.85. The monoisotopic (exact) mass is 264 g/mol. The van der Waals surface area contributed by atoms with Crippen molar-refractivity contribution in [3.63, 3.8) is 0 Å². The predicted octanol–water partition coefficient (Wildman–Crippen LogP) is 3.89. The molecule has 1 aliphatic carbocycles. The van der Waals surface area contributed by atoms with Crippen LogP contribution in [0.25, 0.3) is 0 Å². The second-order valence-electron chi connectivity index (χ2n) is 5.68. The molecule has 0 spiro atoms. The topological polar surface area (TPSA) is 16.1 Å². The Labute approximate surface area is 114 Å². The van der Waals surface area contributed by atoms with Crippen molar-refractivity contribution < 1.29 is 0 Å². The Balaban J connectivity index is 1.71. The van der Waals surface area contributed by atoms with Gasteiger partial charge in [-0.05, 0) is 50.3 Å². The molecule has 0 amide bonds. The Kier molecular flexibility index (Phi) is 3.86. The van der Waals surface area contributed by atoms with Crippen molar-refractivity contribution in [3.8, 4) is 0 Å². The summed E-state index contributed by atoms with van der Waals surface area (Å²) in [4.78, 5) is 7.07. The zero-order chi connectivity index (χ0) is 12.4. The van der Waals surface area contributed by atoms with Crippen LogP contribution in [0.2, 0.25) is 5.15 Å². The molecule has 3 rings (SSSR count). The van der Waals surface area contributed by atoms with Crippen LogP contribution in [0.3, 0.4) is 0 Å². The Hall–Kier alpha value is -0.600. The van der Waals surface area contributed by atoms with Gasteiger partial charge in [0.05, 0.1) is 5.69 Å². The van der Waals surface area contributed by atoms with Gasteiger partial charge in [-0.3, -0.25) is 4.90 Å². The molecular weight excluding hydrogens is 244 g/mol. The molecule has 2 unspecified atom stereocenters. The van der Waals surface area contributed by atoms with Crippen molar-refractivity contribution in [2.75, 3.05) is 6.54 Å². The Morgan fingerprint density at radius 3 is 2.89 bits per heavy atom. The van der Waals surface area contributed by atoms with Crippen molar-refractivity contribution >= 4 is 11.6 Å². The highest BCUT2D eigenvalue weighted by Crippen LogP contribution is 2.35. The lowest BCUT2D eigenvalue weighted by atomic mass is 9.78. The number of pyridine rings is 1. The van der Waals surface area contributed by atoms with Crippen molar-refractivity contribution in [1.82, 2.24) is 9.88 Å². The van der Waals surface area contributed by atoms with E-state index in [4.69, 9.17) is 11.6 Å². The van der Waals surface area contributed by atoms with E-state index >= 15 is 0 Å². The first kappa shape index (κ1) is 12.4. The van der Waals surface area contributed by atoms with Gasteiger partial charge in [0.2, 0.25) is 0 Å². The van der Waals surface area contributed by atoms with Crippen LogP contribution in [0, 0.1) is 5.92 Å². The maximum absolute atomic E-state index is 5.97. The maximum Gasteiger partial charge on any atom is 0.129 e. The number of piperidine rings is 1. The second kappa shape index (κ2) is 5.58. The summed E-state index contributed by atoms with van der Waals surface area (Å²) in [5.41, 5.74) is 1.12. The third-order valence-electron chi connectivity index (χ3n) is 4.50. The summed E-state index contributed by atoms with van der Waals surface area (Å²) in [6, 6.07) is 6.75. The molecule has 1 saturated heterocycles. The van der Waals surface area contributed by atoms with Gasteiger partial charge in [0.25, 0.3) is 0 Å². The van der Waals surface area contributed by atoms with Gasteiger partial charge in [-0.25, -0.2) is 4.98 Å². The van der Waals surface area contributed by atoms with E-state index in [1.165, 1.54) is 45.1 Å². The summed E-state index contributed by atoms with van der Waals surface area (Å²) in [5, 5.41) is 0.615. The molecule has 1 aliphatic heterocycles. The third kappa shape index (κ3) is 2.70. The molecule has 0 radical (unpaired) electrons. The molecule has 2 aliphatic rings. The Morgan fingerprint density at radius 2 is 2.00 bits per heavy atom. The van der Waals surface area contributed by atoms with Crippen molar-refractivity contribution in [1.29, 1.82) is 0 Å². The van der Waals surface area contributed by atoms with Gasteiger partial charge in [-0.1, -0.05) is 30.5 Å². The minimum Gasteiger partial charge on any atom is -0.294 e. The molecule has 2 heterocycles. The number of rotatable bonds is 2. The van der Waals surface area contributed by atoms with E-state index in [0.717, 1.165) is 24.2 Å². The molecule has 98 valence electrons. The van der Waals surface area contributed by atoms with E-state index in [0.29, 0.717) is 5.15 Å². The Bertz CT molecular complexity index is 405. The number of fused-ring (bicyclic) bond motifs is 1. The summed E-state index contributed by atoms with van der Waals surface area (Å²) in [7, 11) is 0. The van der Waals surface area contributed by atoms with Crippen molar-refractivity contribution in [2.45, 2.75) is 51.1 Å². The zero-order valence-electron chi connectivity index (χ0n) is 10.8. The summed E-state index contributed by atoms with van der Waals surface area (Å²) < 4.78 is 0. The summed E-state index contributed by atoms with van der Waals surface area (Å²) in [6.45, 7) is 2.21. The molecule has 0 aromatic carbocycles. The van der Waals surface area contributed by atoms with Gasteiger partial charge in [0.1, 0.15) is 5.15 Å². The fourth-order valence-electron chi connectivity index (χ4n) is 3.67. The van der Waals surface area contributed by atoms with Gasteiger partial charge in [-0.2, -0.15) is 0 Å². The van der Waals surface area contributed by atoms with Crippen LogP contribution in [0.5, 0.6) is 0 Å². The van der Waals surface area contributed by atoms with Gasteiger partial charge in [-0.15, -0.1) is 0 Å². The maximum atomic E-state index is 5.97. The summed E-state index contributed by atoms with van der Waals surface area (Å²) in [6.07, 6.45) is 8.44. The van der Waals surface area contributed by atoms with Crippen LogP contribution in [0.4, 0.5) is 0 Å². The van der Waals surface area contributed by atoms with E-state index in [1.807, 2.05) is 12.1 Å². The lowest BCUT2D eigenvalue weighted by Crippen LogP contribution is -2.46. The average molecular weight is 265 g/mol. The standard InChI is InChI=1S/C15H21ClN2/c16-15-9-3-7-13(17-15)11-18-10-4-6-12-5-1-2-8-14(12)18/h3,7,9,12,14H,1-2,4-6,8,10-11H2. The highest BCUT2D eigenvalue weighted by molar-refractivity contribution is 6.29. The molecule has 2 nitrogen and oxygen atoms in total. The quantitative estimate of drug-likeness (QED) is 0.754. The smallest absolute Gasteiger partial charge is 0.129 e. The van der Waals surface area contributed by atoms with Crippen LogP contribution >= 0.6 is 11.6 Å². The average Bonchev–Trinajstić information content (AvgIpc) is 2.39. The Morgan fingerprint density at radius 1 is 1.17 bits per heavy atom. The lowest BCUT2D eigenvalue weighted by molar-refractivity contribution is 0.0537. The van der Waals surface area contributed by atoms with Gasteiger partial charge >= 0.3 is 0 Å². The number of aromatic nitrogens is 1. The number of halogens is 1.